The van der Waals surface area contributed by atoms with Gasteiger partial charge in [0.1, 0.15) is 0 Å². The lowest BCUT2D eigenvalue weighted by atomic mass is 10.2. The molecule has 0 aliphatic carbocycles. The standard InChI is InChI=1S/C7H15N3S/c1-2-3-4-5-10-6-8-7(11)9-10/h2-6H2,1H3,(H2,8,9,11). The molecule has 0 aromatic carbocycles. The van der Waals surface area contributed by atoms with Gasteiger partial charge in [0.25, 0.3) is 0 Å². The van der Waals surface area contributed by atoms with Crippen molar-refractivity contribution < 1.29 is 0 Å². The number of hydrogen-bond donors (Lipinski definition) is 2. The van der Waals surface area contributed by atoms with Crippen LogP contribution in [0.2, 0.25) is 0 Å². The van der Waals surface area contributed by atoms with Gasteiger partial charge in [-0.15, -0.1) is 0 Å². The highest BCUT2D eigenvalue weighted by atomic mass is 32.1. The maximum absolute atomic E-state index is 4.91. The van der Waals surface area contributed by atoms with E-state index >= 15 is 0 Å². The number of rotatable bonds is 4. The summed E-state index contributed by atoms with van der Waals surface area (Å²) in [6, 6.07) is 0. The summed E-state index contributed by atoms with van der Waals surface area (Å²) in [4.78, 5) is 0. The van der Waals surface area contributed by atoms with Gasteiger partial charge >= 0.3 is 0 Å². The highest BCUT2D eigenvalue weighted by molar-refractivity contribution is 7.80. The molecule has 1 rings (SSSR count). The smallest absolute Gasteiger partial charge is 0.182 e. The van der Waals surface area contributed by atoms with Crippen molar-refractivity contribution in [2.45, 2.75) is 26.2 Å². The van der Waals surface area contributed by atoms with Gasteiger partial charge in [-0.25, -0.2) is 5.01 Å². The fourth-order valence-electron chi connectivity index (χ4n) is 1.08. The lowest BCUT2D eigenvalue weighted by molar-refractivity contribution is 0.261. The van der Waals surface area contributed by atoms with Gasteiger partial charge in [-0.1, -0.05) is 19.8 Å². The first-order valence-electron chi connectivity index (χ1n) is 4.12. The molecular weight excluding hydrogens is 158 g/mol. The van der Waals surface area contributed by atoms with E-state index in [0.29, 0.717) is 0 Å². The van der Waals surface area contributed by atoms with Gasteiger partial charge in [0.15, 0.2) is 5.11 Å². The molecule has 0 bridgehead atoms. The molecule has 1 fully saturated rings. The third kappa shape index (κ3) is 3.03. The van der Waals surface area contributed by atoms with E-state index in [1.54, 1.807) is 0 Å². The fourth-order valence-corrected chi connectivity index (χ4v) is 1.27. The quantitative estimate of drug-likeness (QED) is 0.486. The van der Waals surface area contributed by atoms with E-state index in [1.165, 1.54) is 19.3 Å². The summed E-state index contributed by atoms with van der Waals surface area (Å²) in [6.07, 6.45) is 3.81. The van der Waals surface area contributed by atoms with Crippen molar-refractivity contribution in [1.82, 2.24) is 15.8 Å². The van der Waals surface area contributed by atoms with E-state index in [1.807, 2.05) is 0 Å². The molecule has 3 nitrogen and oxygen atoms in total. The van der Waals surface area contributed by atoms with E-state index in [-0.39, 0.29) is 0 Å². The van der Waals surface area contributed by atoms with Gasteiger partial charge in [-0.3, -0.25) is 5.43 Å². The Balaban J connectivity index is 2.04. The van der Waals surface area contributed by atoms with Crippen LogP contribution in [-0.2, 0) is 0 Å². The van der Waals surface area contributed by atoms with Crippen LogP contribution in [0.15, 0.2) is 0 Å². The molecule has 64 valence electrons. The van der Waals surface area contributed by atoms with Crippen molar-refractivity contribution in [3.63, 3.8) is 0 Å². The van der Waals surface area contributed by atoms with Gasteiger partial charge in [0.05, 0.1) is 6.67 Å². The molecular formula is C7H15N3S. The van der Waals surface area contributed by atoms with Gasteiger partial charge in [0, 0.05) is 6.54 Å². The van der Waals surface area contributed by atoms with E-state index in [4.69, 9.17) is 12.2 Å². The maximum Gasteiger partial charge on any atom is 0.182 e. The Labute approximate surface area is 73.1 Å². The largest absolute Gasteiger partial charge is 0.347 e. The Morgan fingerprint density at radius 2 is 2.36 bits per heavy atom. The SMILES string of the molecule is CCCCCN1CNC(=S)N1. The lowest BCUT2D eigenvalue weighted by Crippen LogP contribution is -2.33. The zero-order valence-electron chi connectivity index (χ0n) is 6.89. The van der Waals surface area contributed by atoms with E-state index in [9.17, 15) is 0 Å². The fraction of sp³-hybridized carbons (Fsp3) is 0.857. The third-order valence-electron chi connectivity index (χ3n) is 1.72. The highest BCUT2D eigenvalue weighted by Crippen LogP contribution is 1.97. The lowest BCUT2D eigenvalue weighted by Gasteiger charge is -2.12. The van der Waals surface area contributed by atoms with Crippen LogP contribution < -0.4 is 10.7 Å². The zero-order valence-corrected chi connectivity index (χ0v) is 7.71. The first-order valence-corrected chi connectivity index (χ1v) is 4.53. The average molecular weight is 173 g/mol. The third-order valence-corrected chi connectivity index (χ3v) is 1.96. The van der Waals surface area contributed by atoms with Crippen LogP contribution in [0.1, 0.15) is 26.2 Å². The molecule has 1 aliphatic rings. The van der Waals surface area contributed by atoms with Crippen LogP contribution in [0.25, 0.3) is 0 Å². The Hall–Kier alpha value is -0.350. The monoisotopic (exact) mass is 173 g/mol. The first-order chi connectivity index (χ1) is 5.33. The maximum atomic E-state index is 4.91. The van der Waals surface area contributed by atoms with Crippen molar-refractivity contribution in [1.29, 1.82) is 0 Å². The average Bonchev–Trinajstić information content (AvgIpc) is 2.37. The van der Waals surface area contributed by atoms with Gasteiger partial charge in [-0.2, -0.15) is 0 Å². The normalized spacial score (nSPS) is 18.1. The molecule has 1 saturated heterocycles. The van der Waals surface area contributed by atoms with Crippen LogP contribution in [-0.4, -0.2) is 23.3 Å². The molecule has 0 spiro atoms. The Morgan fingerprint density at radius 1 is 1.55 bits per heavy atom. The minimum atomic E-state index is 0.751. The molecule has 0 saturated carbocycles. The second-order valence-electron chi connectivity index (χ2n) is 2.75. The summed E-state index contributed by atoms with van der Waals surface area (Å²) in [6.45, 7) is 4.14. The van der Waals surface area contributed by atoms with E-state index in [2.05, 4.69) is 22.7 Å². The highest BCUT2D eigenvalue weighted by Gasteiger charge is 2.12. The van der Waals surface area contributed by atoms with Crippen molar-refractivity contribution in [3.8, 4) is 0 Å². The minimum absolute atomic E-state index is 0.751. The van der Waals surface area contributed by atoms with Crippen molar-refractivity contribution in [2.75, 3.05) is 13.2 Å². The topological polar surface area (TPSA) is 27.3 Å². The first kappa shape index (κ1) is 8.74. The van der Waals surface area contributed by atoms with Gasteiger partial charge in [0.2, 0.25) is 0 Å². The number of nitrogens with zero attached hydrogens (tertiary/aromatic N) is 1. The number of unbranched alkanes of at least 4 members (excludes halogenated alkanes) is 2. The molecule has 0 amide bonds. The second-order valence-corrected chi connectivity index (χ2v) is 3.15. The molecule has 0 radical (unpaired) electrons. The Morgan fingerprint density at radius 3 is 2.91 bits per heavy atom. The molecule has 0 unspecified atom stereocenters. The number of hydrogen-bond acceptors (Lipinski definition) is 2. The molecule has 2 N–H and O–H groups in total. The van der Waals surface area contributed by atoms with Crippen LogP contribution in [0.3, 0.4) is 0 Å². The summed E-state index contributed by atoms with van der Waals surface area (Å²) >= 11 is 4.91. The molecule has 4 heteroatoms. The minimum Gasteiger partial charge on any atom is -0.347 e. The Bertz CT molecular complexity index is 138. The summed E-state index contributed by atoms with van der Waals surface area (Å²) in [5, 5.41) is 5.90. The molecule has 0 aromatic rings. The zero-order chi connectivity index (χ0) is 8.10. The molecule has 1 heterocycles. The van der Waals surface area contributed by atoms with Crippen LogP contribution in [0.4, 0.5) is 0 Å². The summed E-state index contributed by atoms with van der Waals surface area (Å²) in [5.41, 5.74) is 3.07. The molecule has 1 aliphatic heterocycles. The summed E-state index contributed by atoms with van der Waals surface area (Å²) < 4.78 is 0. The van der Waals surface area contributed by atoms with E-state index in [0.717, 1.165) is 18.3 Å². The predicted molar refractivity (Wildman–Crippen MR) is 50.0 cm³/mol. The predicted octanol–water partition coefficient (Wildman–Crippen LogP) is 0.829. The van der Waals surface area contributed by atoms with E-state index < -0.39 is 0 Å². The number of nitrogens with one attached hydrogen (secondary N) is 2. The summed E-state index contributed by atoms with van der Waals surface area (Å²) in [7, 11) is 0. The van der Waals surface area contributed by atoms with Gasteiger partial charge < -0.3 is 5.32 Å². The van der Waals surface area contributed by atoms with Crippen molar-refractivity contribution in [3.05, 3.63) is 0 Å². The molecule has 0 atom stereocenters. The number of thiocarbonyl (C=S) groups is 1. The van der Waals surface area contributed by atoms with Crippen LogP contribution >= 0.6 is 12.2 Å². The van der Waals surface area contributed by atoms with Crippen molar-refractivity contribution in [2.24, 2.45) is 0 Å². The number of hydrazine groups is 1. The molecule has 0 aromatic heterocycles. The van der Waals surface area contributed by atoms with Gasteiger partial charge in [-0.05, 0) is 18.6 Å². The van der Waals surface area contributed by atoms with Crippen LogP contribution in [0, 0.1) is 0 Å². The van der Waals surface area contributed by atoms with Crippen LogP contribution in [0.5, 0.6) is 0 Å². The second kappa shape index (κ2) is 4.51. The Kier molecular flexibility index (Phi) is 3.59. The summed E-state index contributed by atoms with van der Waals surface area (Å²) in [5.74, 6) is 0. The molecule has 11 heavy (non-hydrogen) atoms. The van der Waals surface area contributed by atoms with Crippen molar-refractivity contribution >= 4 is 17.3 Å².